The molecule has 0 radical (unpaired) electrons. The van der Waals surface area contributed by atoms with Gasteiger partial charge in [0.2, 0.25) is 0 Å². The molecule has 7 aromatic rings. The fourth-order valence-electron chi connectivity index (χ4n) is 7.49. The molecule has 2 aromatic heterocycles. The van der Waals surface area contributed by atoms with Crippen LogP contribution in [-0.2, 0) is 0 Å². The molecule has 45 heavy (non-hydrogen) atoms. The standard InChI is InChI=1S/C39H28N4O2/c1-2-11-23(12-3-1)37-40-38(28-17-10-16-27-25-14-5-9-20-34(25)45-36(27)28)42-39(41-37)43-31-18-7-4-13-24(31)29-21-30-26-15-6-8-19-33(26)44-35(30)22-32(29)43/h1-15,17-22,27,37-38,40H,16H2,(H,41,42)/p+1. The number of furan rings is 1. The van der Waals surface area contributed by atoms with Gasteiger partial charge in [-0.15, -0.1) is 0 Å². The van der Waals surface area contributed by atoms with Crippen LogP contribution in [-0.4, -0.2) is 16.7 Å². The Morgan fingerprint density at radius 1 is 0.733 bits per heavy atom. The van der Waals surface area contributed by atoms with Crippen molar-refractivity contribution in [3.05, 3.63) is 150 Å². The summed E-state index contributed by atoms with van der Waals surface area (Å²) in [4.78, 5) is 5.38. The van der Waals surface area contributed by atoms with Crippen LogP contribution in [0.3, 0.4) is 0 Å². The highest BCUT2D eigenvalue weighted by Crippen LogP contribution is 2.46. The summed E-state index contributed by atoms with van der Waals surface area (Å²) in [5, 5.41) is 10.7. The number of fused-ring (bicyclic) bond motifs is 9. The average molecular weight is 586 g/mol. The molecule has 0 bridgehead atoms. The molecule has 2 aliphatic heterocycles. The molecule has 1 aliphatic carbocycles. The summed E-state index contributed by atoms with van der Waals surface area (Å²) < 4.78 is 15.3. The lowest BCUT2D eigenvalue weighted by atomic mass is 9.88. The van der Waals surface area contributed by atoms with E-state index in [-0.39, 0.29) is 18.2 Å². The second-order valence-electron chi connectivity index (χ2n) is 12.1. The molecule has 0 spiro atoms. The van der Waals surface area contributed by atoms with Gasteiger partial charge < -0.3 is 9.15 Å². The SMILES string of the molecule is C1=CC(C2NC(c3ccccc3)N=C(n3c4ccccc4c4cc5c(cc43)oc3ccccc35)[NH2+]2)=C2Oc3ccccc3C2C1. The first-order valence-corrected chi connectivity index (χ1v) is 15.6. The third-order valence-electron chi connectivity index (χ3n) is 9.55. The monoisotopic (exact) mass is 585 g/mol. The summed E-state index contributed by atoms with van der Waals surface area (Å²) in [5.74, 6) is 3.11. The van der Waals surface area contributed by atoms with Crippen molar-refractivity contribution in [2.24, 2.45) is 4.99 Å². The highest BCUT2D eigenvalue weighted by atomic mass is 16.5. The van der Waals surface area contributed by atoms with E-state index in [2.05, 4.69) is 124 Å². The minimum absolute atomic E-state index is 0.114. The number of nitrogens with zero attached hydrogens (tertiary/aromatic N) is 2. The smallest absolute Gasteiger partial charge is 0.309 e. The number of hydrogen-bond donors (Lipinski definition) is 2. The van der Waals surface area contributed by atoms with Crippen LogP contribution in [0.25, 0.3) is 43.7 Å². The maximum atomic E-state index is 6.57. The number of ether oxygens (including phenoxy) is 1. The lowest BCUT2D eigenvalue weighted by Crippen LogP contribution is -2.99. The number of hydrogen-bond acceptors (Lipinski definition) is 4. The fourth-order valence-corrected chi connectivity index (χ4v) is 7.49. The third-order valence-corrected chi connectivity index (χ3v) is 9.55. The molecule has 4 heterocycles. The molecule has 5 aromatic carbocycles. The van der Waals surface area contributed by atoms with Crippen LogP contribution in [0.5, 0.6) is 5.75 Å². The van der Waals surface area contributed by atoms with E-state index in [0.717, 1.165) is 68.0 Å². The van der Waals surface area contributed by atoms with E-state index in [1.807, 2.05) is 18.2 Å². The van der Waals surface area contributed by atoms with E-state index in [0.29, 0.717) is 0 Å². The molecular weight excluding hydrogens is 556 g/mol. The molecule has 3 atom stereocenters. The molecule has 0 saturated carbocycles. The predicted octanol–water partition coefficient (Wildman–Crippen LogP) is 7.48. The summed E-state index contributed by atoms with van der Waals surface area (Å²) in [6.07, 6.45) is 5.10. The Morgan fingerprint density at radius 2 is 1.53 bits per heavy atom. The lowest BCUT2D eigenvalue weighted by Gasteiger charge is -2.30. The molecule has 0 saturated heterocycles. The van der Waals surface area contributed by atoms with Crippen LogP contribution in [0.15, 0.2) is 148 Å². The average Bonchev–Trinajstić information content (AvgIpc) is 3.76. The van der Waals surface area contributed by atoms with Crippen LogP contribution in [0.4, 0.5) is 0 Å². The molecular formula is C39H29N4O2+. The van der Waals surface area contributed by atoms with Crippen LogP contribution in [0, 0.1) is 0 Å². The molecule has 6 nitrogen and oxygen atoms in total. The van der Waals surface area contributed by atoms with Gasteiger partial charge in [-0.1, -0.05) is 97.1 Å². The van der Waals surface area contributed by atoms with E-state index in [9.17, 15) is 0 Å². The Labute approximate surface area is 258 Å². The summed E-state index contributed by atoms with van der Waals surface area (Å²) >= 11 is 0. The van der Waals surface area contributed by atoms with Crippen molar-refractivity contribution in [1.82, 2.24) is 9.88 Å². The fraction of sp³-hybridized carbons (Fsp3) is 0.103. The van der Waals surface area contributed by atoms with Gasteiger partial charge in [-0.3, -0.25) is 5.32 Å². The predicted molar refractivity (Wildman–Crippen MR) is 178 cm³/mol. The first-order valence-electron chi connectivity index (χ1n) is 15.6. The Balaban J connectivity index is 1.18. The molecule has 0 fully saturated rings. The Morgan fingerprint density at radius 3 is 2.47 bits per heavy atom. The van der Waals surface area contributed by atoms with Gasteiger partial charge in [0.15, 0.2) is 6.17 Å². The highest BCUT2D eigenvalue weighted by molar-refractivity contribution is 6.19. The van der Waals surface area contributed by atoms with Crippen molar-refractivity contribution < 1.29 is 14.5 Å². The van der Waals surface area contributed by atoms with E-state index < -0.39 is 0 Å². The quantitative estimate of drug-likeness (QED) is 0.221. The zero-order valence-electron chi connectivity index (χ0n) is 24.4. The first-order chi connectivity index (χ1) is 22.3. The number of aromatic nitrogens is 1. The molecule has 10 rings (SSSR count). The molecule has 3 N–H and O–H groups in total. The second-order valence-corrected chi connectivity index (χ2v) is 12.1. The van der Waals surface area contributed by atoms with E-state index in [1.54, 1.807) is 0 Å². The van der Waals surface area contributed by atoms with Gasteiger partial charge in [-0.2, -0.15) is 4.99 Å². The van der Waals surface area contributed by atoms with Crippen LogP contribution < -0.4 is 15.4 Å². The first kappa shape index (κ1) is 25.0. The zero-order chi connectivity index (χ0) is 29.5. The molecule has 3 unspecified atom stereocenters. The third kappa shape index (κ3) is 3.73. The van der Waals surface area contributed by atoms with Gasteiger partial charge in [0.25, 0.3) is 0 Å². The number of nitrogens with two attached hydrogens (primary N) is 1. The van der Waals surface area contributed by atoms with Crippen LogP contribution >= 0.6 is 0 Å². The van der Waals surface area contributed by atoms with Crippen molar-refractivity contribution in [1.29, 1.82) is 0 Å². The molecule has 216 valence electrons. The van der Waals surface area contributed by atoms with Gasteiger partial charge in [0, 0.05) is 39.1 Å². The number of nitrogens with one attached hydrogen (secondary N) is 1. The number of para-hydroxylation sites is 3. The van der Waals surface area contributed by atoms with E-state index in [4.69, 9.17) is 14.1 Å². The van der Waals surface area contributed by atoms with Crippen LogP contribution in [0.1, 0.15) is 29.6 Å². The van der Waals surface area contributed by atoms with Gasteiger partial charge in [0.05, 0.1) is 16.6 Å². The highest BCUT2D eigenvalue weighted by Gasteiger charge is 2.39. The van der Waals surface area contributed by atoms with Gasteiger partial charge in [-0.05, 0) is 36.2 Å². The summed E-state index contributed by atoms with van der Waals surface area (Å²) in [7, 11) is 0. The lowest BCUT2D eigenvalue weighted by molar-refractivity contribution is -0.586. The Bertz CT molecular complexity index is 2410. The minimum Gasteiger partial charge on any atom is -0.460 e. The normalized spacial score (nSPS) is 21.0. The van der Waals surface area contributed by atoms with Crippen molar-refractivity contribution in [2.75, 3.05) is 0 Å². The van der Waals surface area contributed by atoms with Crippen molar-refractivity contribution in [3.63, 3.8) is 0 Å². The minimum atomic E-state index is -0.243. The Hall–Kier alpha value is -5.43. The zero-order valence-corrected chi connectivity index (χ0v) is 24.4. The molecule has 6 heteroatoms. The number of allylic oxidation sites excluding steroid dienone is 2. The van der Waals surface area contributed by atoms with Crippen LogP contribution in [0.2, 0.25) is 0 Å². The van der Waals surface area contributed by atoms with E-state index in [1.165, 1.54) is 16.3 Å². The number of aliphatic imine (C=N–C) groups is 1. The number of benzene rings is 5. The summed E-state index contributed by atoms with van der Waals surface area (Å²) in [6.45, 7) is 0. The number of rotatable bonds is 2. The summed E-state index contributed by atoms with van der Waals surface area (Å²) in [5.41, 5.74) is 7.49. The van der Waals surface area contributed by atoms with Crippen molar-refractivity contribution >= 4 is 49.7 Å². The Kier molecular flexibility index (Phi) is 5.29. The van der Waals surface area contributed by atoms with Crippen molar-refractivity contribution in [2.45, 2.75) is 24.7 Å². The van der Waals surface area contributed by atoms with E-state index >= 15 is 0 Å². The molecule has 3 aliphatic rings. The van der Waals surface area contributed by atoms with Gasteiger partial charge in [0.1, 0.15) is 28.8 Å². The largest absolute Gasteiger partial charge is 0.460 e. The van der Waals surface area contributed by atoms with Gasteiger partial charge in [-0.25, -0.2) is 9.88 Å². The summed E-state index contributed by atoms with van der Waals surface area (Å²) in [6, 6.07) is 40.3. The van der Waals surface area contributed by atoms with Gasteiger partial charge >= 0.3 is 5.96 Å². The van der Waals surface area contributed by atoms with Crippen molar-refractivity contribution in [3.8, 4) is 5.75 Å². The molecule has 0 amide bonds. The maximum absolute atomic E-state index is 6.57. The maximum Gasteiger partial charge on any atom is 0.309 e. The number of quaternary nitrogens is 1. The topological polar surface area (TPSA) is 68.3 Å². The second kappa shape index (κ2) is 9.53.